The van der Waals surface area contributed by atoms with Crippen molar-refractivity contribution < 1.29 is 19.1 Å². The first kappa shape index (κ1) is 16.4. The van der Waals surface area contributed by atoms with Crippen molar-refractivity contribution in [1.29, 1.82) is 0 Å². The maximum atomic E-state index is 11.0. The third kappa shape index (κ3) is 3.25. The molecule has 2 heterocycles. The summed E-state index contributed by atoms with van der Waals surface area (Å²) in [5, 5.41) is 9.01. The molecule has 1 aromatic carbocycles. The maximum Gasteiger partial charge on any atom is 0.371 e. The molecule has 0 aliphatic carbocycles. The molecule has 1 aliphatic rings. The van der Waals surface area contributed by atoms with Crippen molar-refractivity contribution in [3.63, 3.8) is 0 Å². The van der Waals surface area contributed by atoms with Crippen molar-refractivity contribution in [3.8, 4) is 5.75 Å². The molecule has 0 radical (unpaired) electrons. The zero-order valence-corrected chi connectivity index (χ0v) is 14.3. The van der Waals surface area contributed by atoms with Crippen LogP contribution in [0, 0.1) is 0 Å². The number of carboxylic acid groups (broad SMARTS) is 1. The van der Waals surface area contributed by atoms with Gasteiger partial charge in [-0.3, -0.25) is 0 Å². The number of aromatic carboxylic acids is 1. The van der Waals surface area contributed by atoms with E-state index in [1.54, 1.807) is 6.07 Å². The predicted octanol–water partition coefficient (Wildman–Crippen LogP) is 4.28. The van der Waals surface area contributed by atoms with Crippen molar-refractivity contribution in [2.24, 2.45) is 0 Å². The number of benzene rings is 1. The first-order chi connectivity index (χ1) is 11.5. The summed E-state index contributed by atoms with van der Waals surface area (Å²) in [6.45, 7) is 7.72. The Morgan fingerprint density at radius 2 is 2.12 bits per heavy atom. The van der Waals surface area contributed by atoms with Gasteiger partial charge in [-0.15, -0.1) is 0 Å². The second-order valence-corrected chi connectivity index (χ2v) is 6.48. The fourth-order valence-electron chi connectivity index (χ4n) is 2.93. The molecule has 1 atom stereocenters. The van der Waals surface area contributed by atoms with Gasteiger partial charge in [0.1, 0.15) is 17.6 Å². The topological polar surface area (TPSA) is 62.9 Å². The van der Waals surface area contributed by atoms with Gasteiger partial charge in [0.05, 0.1) is 18.8 Å². The summed E-state index contributed by atoms with van der Waals surface area (Å²) < 4.78 is 11.5. The molecule has 2 aromatic rings. The van der Waals surface area contributed by atoms with Crippen LogP contribution in [0.15, 0.2) is 34.7 Å². The van der Waals surface area contributed by atoms with Crippen LogP contribution in [0.2, 0.25) is 0 Å². The highest BCUT2D eigenvalue weighted by molar-refractivity contribution is 5.84. The summed E-state index contributed by atoms with van der Waals surface area (Å²) >= 11 is 0. The maximum absolute atomic E-state index is 11.0. The Kier molecular flexibility index (Phi) is 4.51. The molecule has 0 saturated heterocycles. The molecule has 0 saturated carbocycles. The lowest BCUT2D eigenvalue weighted by molar-refractivity contribution is 0.0660. The molecule has 24 heavy (non-hydrogen) atoms. The molecular weight excluding hydrogens is 306 g/mol. The number of rotatable bonds is 5. The summed E-state index contributed by atoms with van der Waals surface area (Å²) in [4.78, 5) is 13.2. The number of ether oxygens (including phenoxy) is 1. The largest absolute Gasteiger partial charge is 0.486 e. The highest BCUT2D eigenvalue weighted by Crippen LogP contribution is 2.37. The number of hydrogen-bond donors (Lipinski definition) is 1. The Morgan fingerprint density at radius 3 is 2.75 bits per heavy atom. The fourth-order valence-corrected chi connectivity index (χ4v) is 2.93. The molecular formula is C19H23NO4. The van der Waals surface area contributed by atoms with Gasteiger partial charge in [-0.1, -0.05) is 26.8 Å². The van der Waals surface area contributed by atoms with Crippen LogP contribution in [0.4, 0.5) is 5.69 Å². The summed E-state index contributed by atoms with van der Waals surface area (Å²) in [5.41, 5.74) is 2.29. The first-order valence-electron chi connectivity index (χ1n) is 8.35. The summed E-state index contributed by atoms with van der Waals surface area (Å²) in [7, 11) is 0. The van der Waals surface area contributed by atoms with Gasteiger partial charge in [-0.2, -0.15) is 0 Å². The van der Waals surface area contributed by atoms with Crippen molar-refractivity contribution in [1.82, 2.24) is 0 Å². The van der Waals surface area contributed by atoms with Crippen LogP contribution in [-0.4, -0.2) is 23.7 Å². The highest BCUT2D eigenvalue weighted by Gasteiger charge is 2.26. The lowest BCUT2D eigenvalue weighted by Crippen LogP contribution is -2.39. The molecule has 1 aliphatic heterocycles. The molecule has 0 amide bonds. The van der Waals surface area contributed by atoms with E-state index in [4.69, 9.17) is 14.3 Å². The molecule has 5 nitrogen and oxygen atoms in total. The van der Waals surface area contributed by atoms with Gasteiger partial charge >= 0.3 is 5.97 Å². The van der Waals surface area contributed by atoms with Gasteiger partial charge in [0.15, 0.2) is 0 Å². The molecule has 5 heteroatoms. The lowest BCUT2D eigenvalue weighted by atomic mass is 10.0. The van der Waals surface area contributed by atoms with Crippen molar-refractivity contribution >= 4 is 11.7 Å². The van der Waals surface area contributed by atoms with E-state index in [0.717, 1.165) is 24.4 Å². The third-order valence-corrected chi connectivity index (χ3v) is 4.38. The van der Waals surface area contributed by atoms with Crippen LogP contribution in [0.3, 0.4) is 0 Å². The van der Waals surface area contributed by atoms with E-state index in [-0.39, 0.29) is 11.9 Å². The molecule has 0 bridgehead atoms. The van der Waals surface area contributed by atoms with Gasteiger partial charge in [-0.25, -0.2) is 4.79 Å². The Bertz CT molecular complexity index is 735. The SMILES string of the molecule is CCC1CN(Cc2ccc(C(=O)O)o2)c2cc(C(C)C)ccc2O1. The minimum Gasteiger partial charge on any atom is -0.486 e. The van der Waals surface area contributed by atoms with Gasteiger partial charge in [0.25, 0.3) is 0 Å². The van der Waals surface area contributed by atoms with E-state index in [0.29, 0.717) is 18.2 Å². The zero-order chi connectivity index (χ0) is 17.3. The number of carboxylic acids is 1. The fraction of sp³-hybridized carbons (Fsp3) is 0.421. The van der Waals surface area contributed by atoms with Crippen molar-refractivity contribution in [3.05, 3.63) is 47.4 Å². The quantitative estimate of drug-likeness (QED) is 0.887. The second-order valence-electron chi connectivity index (χ2n) is 6.48. The van der Waals surface area contributed by atoms with Crippen LogP contribution in [0.25, 0.3) is 0 Å². The molecule has 128 valence electrons. The first-order valence-corrected chi connectivity index (χ1v) is 8.35. The van der Waals surface area contributed by atoms with Gasteiger partial charge in [0.2, 0.25) is 5.76 Å². The van der Waals surface area contributed by atoms with E-state index in [1.165, 1.54) is 11.6 Å². The predicted molar refractivity (Wildman–Crippen MR) is 92.0 cm³/mol. The van der Waals surface area contributed by atoms with Crippen molar-refractivity contribution in [2.75, 3.05) is 11.4 Å². The summed E-state index contributed by atoms with van der Waals surface area (Å²) in [6.07, 6.45) is 1.04. The van der Waals surface area contributed by atoms with Crippen LogP contribution in [-0.2, 0) is 6.54 Å². The van der Waals surface area contributed by atoms with Crippen LogP contribution in [0.1, 0.15) is 55.0 Å². The van der Waals surface area contributed by atoms with E-state index >= 15 is 0 Å². The Morgan fingerprint density at radius 1 is 1.33 bits per heavy atom. The molecule has 0 spiro atoms. The molecule has 0 fully saturated rings. The number of anilines is 1. The third-order valence-electron chi connectivity index (χ3n) is 4.38. The van der Waals surface area contributed by atoms with Crippen LogP contribution < -0.4 is 9.64 Å². The van der Waals surface area contributed by atoms with Gasteiger partial charge in [-0.05, 0) is 42.2 Å². The molecule has 1 aromatic heterocycles. The van der Waals surface area contributed by atoms with Crippen LogP contribution >= 0.6 is 0 Å². The van der Waals surface area contributed by atoms with E-state index < -0.39 is 5.97 Å². The normalized spacial score (nSPS) is 16.8. The van der Waals surface area contributed by atoms with E-state index in [9.17, 15) is 4.79 Å². The number of nitrogens with zero attached hydrogens (tertiary/aromatic N) is 1. The lowest BCUT2D eigenvalue weighted by Gasteiger charge is -2.36. The standard InChI is InChI=1S/C19H23NO4/c1-4-14-10-20(11-15-6-8-18(24-15)19(21)22)16-9-13(12(2)3)5-7-17(16)23-14/h5-9,12,14H,4,10-11H2,1-3H3,(H,21,22). The molecule has 1 unspecified atom stereocenters. The molecule has 1 N–H and O–H groups in total. The Balaban J connectivity index is 1.91. The second kappa shape index (κ2) is 6.59. The Hall–Kier alpha value is -2.43. The molecule has 3 rings (SSSR count). The van der Waals surface area contributed by atoms with Crippen LogP contribution in [0.5, 0.6) is 5.75 Å². The Labute approximate surface area is 141 Å². The van der Waals surface area contributed by atoms with Gasteiger partial charge < -0.3 is 19.2 Å². The number of hydrogen-bond acceptors (Lipinski definition) is 4. The zero-order valence-electron chi connectivity index (χ0n) is 14.3. The smallest absolute Gasteiger partial charge is 0.371 e. The highest BCUT2D eigenvalue weighted by atomic mass is 16.5. The van der Waals surface area contributed by atoms with E-state index in [1.807, 2.05) is 6.07 Å². The summed E-state index contributed by atoms with van der Waals surface area (Å²) in [5.74, 6) is 0.884. The minimum atomic E-state index is -1.04. The van der Waals surface area contributed by atoms with E-state index in [2.05, 4.69) is 37.8 Å². The minimum absolute atomic E-state index is 0.0264. The van der Waals surface area contributed by atoms with Gasteiger partial charge in [0, 0.05) is 0 Å². The average Bonchev–Trinajstić information content (AvgIpc) is 3.03. The average molecular weight is 329 g/mol. The number of furan rings is 1. The van der Waals surface area contributed by atoms with Crippen molar-refractivity contribution in [2.45, 2.75) is 45.8 Å². The summed E-state index contributed by atoms with van der Waals surface area (Å²) in [6, 6.07) is 9.53. The number of carbonyl (C=O) groups is 1. The monoisotopic (exact) mass is 329 g/mol. The number of fused-ring (bicyclic) bond motifs is 1.